The molecule has 83 heavy (non-hydrogen) atoms. The fourth-order valence-electron chi connectivity index (χ4n) is 9.75. The van der Waals surface area contributed by atoms with Crippen molar-refractivity contribution in [1.29, 1.82) is 0 Å². The van der Waals surface area contributed by atoms with Crippen LogP contribution in [0.5, 0.6) is 0 Å². The molecule has 0 aromatic carbocycles. The first kappa shape index (κ1) is 78.8. The fourth-order valence-corrected chi connectivity index (χ4v) is 9.75. The molecule has 6 heteroatoms. The van der Waals surface area contributed by atoms with Crippen LogP contribution < -0.4 is 0 Å². The summed E-state index contributed by atoms with van der Waals surface area (Å²) in [6.45, 7) is 6.39. The van der Waals surface area contributed by atoms with Crippen molar-refractivity contribution in [1.82, 2.24) is 0 Å². The van der Waals surface area contributed by atoms with E-state index < -0.39 is 6.10 Å². The Balaban J connectivity index is 4.35. The normalized spacial score (nSPS) is 12.9. The van der Waals surface area contributed by atoms with E-state index in [0.29, 0.717) is 12.8 Å². The predicted molar refractivity (Wildman–Crippen MR) is 362 cm³/mol. The average Bonchev–Trinajstić information content (AvgIpc) is 3.49. The van der Waals surface area contributed by atoms with Crippen molar-refractivity contribution in [2.24, 2.45) is 0 Å². The molecular formula is C77H130O6. The first-order chi connectivity index (χ1) is 41.0. The molecule has 0 rings (SSSR count). The number of esters is 3. The second kappa shape index (κ2) is 70.3. The number of ether oxygens (including phenoxy) is 3. The Morgan fingerprint density at radius 3 is 0.759 bits per heavy atom. The molecule has 6 nitrogen and oxygen atoms in total. The molecule has 0 N–H and O–H groups in total. The van der Waals surface area contributed by atoms with Crippen molar-refractivity contribution in [2.45, 2.75) is 335 Å². The molecule has 0 aliphatic heterocycles. The minimum Gasteiger partial charge on any atom is -0.462 e. The minimum absolute atomic E-state index is 0.100. The maximum atomic E-state index is 12.9. The van der Waals surface area contributed by atoms with Crippen LogP contribution in [0.2, 0.25) is 0 Å². The van der Waals surface area contributed by atoms with Crippen molar-refractivity contribution < 1.29 is 28.6 Å². The number of hydrogen-bond acceptors (Lipinski definition) is 6. The molecular weight excluding hydrogens is 1020 g/mol. The molecule has 474 valence electrons. The number of unbranched alkanes of at least 4 members (excludes halogenated alkanes) is 32. The van der Waals surface area contributed by atoms with Gasteiger partial charge in [0.05, 0.1) is 0 Å². The van der Waals surface area contributed by atoms with Crippen LogP contribution in [0.3, 0.4) is 0 Å². The Hall–Kier alpha value is -4.19. The Labute approximate surface area is 513 Å². The van der Waals surface area contributed by atoms with Crippen molar-refractivity contribution in [3.8, 4) is 0 Å². The van der Waals surface area contributed by atoms with E-state index in [1.54, 1.807) is 0 Å². The number of hydrogen-bond donors (Lipinski definition) is 0. The van der Waals surface area contributed by atoms with Gasteiger partial charge in [-0.3, -0.25) is 14.4 Å². The van der Waals surface area contributed by atoms with E-state index >= 15 is 0 Å². The standard InChI is InChI=1S/C77H130O6/c1-4-7-10-13-16-19-22-25-28-31-33-34-35-36-37-38-39-40-41-42-44-46-49-52-55-58-61-64-67-70-76(79)82-73-74(72-81-75(78)69-66-63-60-57-54-51-48-45-30-27-24-21-18-15-12-9-6-3)83-77(80)71-68-65-62-59-56-53-50-47-43-32-29-26-23-20-17-14-11-8-5-2/h8-9,11-12,17-18,20-21,26-27,29-31,33,43,47-48,51,53,56,74H,4-7,10,13-16,19,22-25,28,32,34-42,44-46,49-50,52,54-55,57-73H2,1-3H3/b11-8-,12-9-,20-17-,21-18-,29-26-,30-27-,33-31-,47-43-,51-48-,56-53-. The quantitative estimate of drug-likeness (QED) is 0.0261. The average molecular weight is 1150 g/mol. The lowest BCUT2D eigenvalue weighted by Gasteiger charge is -2.18. The molecule has 1 atom stereocenters. The highest BCUT2D eigenvalue weighted by Gasteiger charge is 2.19. The Kier molecular flexibility index (Phi) is 66.7. The smallest absolute Gasteiger partial charge is 0.306 e. The molecule has 0 aromatic heterocycles. The van der Waals surface area contributed by atoms with Gasteiger partial charge in [0.25, 0.3) is 0 Å². The third-order valence-electron chi connectivity index (χ3n) is 14.9. The van der Waals surface area contributed by atoms with Gasteiger partial charge in [0, 0.05) is 19.3 Å². The SMILES string of the molecule is CC/C=C\C/C=C\C/C=C\C/C=C\C/C=C\CCCCCC(=O)OC(COC(=O)CCCCCC/C=C\C/C=C\C/C=C\C/C=C\CC)COC(=O)CCCCCCCCCCCCCCCCCCC/C=C\CCCCCCCCCC. The maximum Gasteiger partial charge on any atom is 0.306 e. The summed E-state index contributed by atoms with van der Waals surface area (Å²) in [4.78, 5) is 38.4. The summed E-state index contributed by atoms with van der Waals surface area (Å²) in [5, 5.41) is 0. The van der Waals surface area contributed by atoms with Gasteiger partial charge in [-0.2, -0.15) is 0 Å². The van der Waals surface area contributed by atoms with E-state index in [-0.39, 0.29) is 37.5 Å². The largest absolute Gasteiger partial charge is 0.462 e. The highest BCUT2D eigenvalue weighted by molar-refractivity contribution is 5.71. The van der Waals surface area contributed by atoms with Gasteiger partial charge in [-0.1, -0.05) is 303 Å². The van der Waals surface area contributed by atoms with Crippen LogP contribution in [-0.4, -0.2) is 37.2 Å². The van der Waals surface area contributed by atoms with Crippen molar-refractivity contribution in [3.63, 3.8) is 0 Å². The van der Waals surface area contributed by atoms with Crippen molar-refractivity contribution in [3.05, 3.63) is 122 Å². The van der Waals surface area contributed by atoms with Crippen LogP contribution in [0.25, 0.3) is 0 Å². The summed E-state index contributed by atoms with van der Waals surface area (Å²) in [6.07, 6.45) is 98.0. The highest BCUT2D eigenvalue weighted by atomic mass is 16.6. The monoisotopic (exact) mass is 1150 g/mol. The van der Waals surface area contributed by atoms with Gasteiger partial charge in [-0.15, -0.1) is 0 Å². The zero-order chi connectivity index (χ0) is 59.9. The molecule has 1 unspecified atom stereocenters. The van der Waals surface area contributed by atoms with Gasteiger partial charge in [0.1, 0.15) is 13.2 Å². The third kappa shape index (κ3) is 68.5. The summed E-state index contributed by atoms with van der Waals surface area (Å²) in [5.41, 5.74) is 0. The van der Waals surface area contributed by atoms with Crippen LogP contribution >= 0.6 is 0 Å². The van der Waals surface area contributed by atoms with E-state index in [9.17, 15) is 14.4 Å². The lowest BCUT2D eigenvalue weighted by molar-refractivity contribution is -0.167. The summed E-state index contributed by atoms with van der Waals surface area (Å²) in [7, 11) is 0. The molecule has 0 heterocycles. The predicted octanol–water partition coefficient (Wildman–Crippen LogP) is 24.3. The van der Waals surface area contributed by atoms with Gasteiger partial charge in [-0.25, -0.2) is 0 Å². The molecule has 0 aliphatic rings. The fraction of sp³-hybridized carbons (Fsp3) is 0.701. The summed E-state index contributed by atoms with van der Waals surface area (Å²) in [5.74, 6) is -0.948. The molecule has 0 spiro atoms. The number of allylic oxidation sites excluding steroid dienone is 20. The first-order valence-electron chi connectivity index (χ1n) is 35.0. The lowest BCUT2D eigenvalue weighted by atomic mass is 10.0. The Morgan fingerprint density at radius 1 is 0.253 bits per heavy atom. The molecule has 0 aromatic rings. The number of carbonyl (C=O) groups is 3. The van der Waals surface area contributed by atoms with Gasteiger partial charge in [0.2, 0.25) is 0 Å². The van der Waals surface area contributed by atoms with Gasteiger partial charge < -0.3 is 14.2 Å². The maximum absolute atomic E-state index is 12.9. The second-order valence-electron chi connectivity index (χ2n) is 23.0. The third-order valence-corrected chi connectivity index (χ3v) is 14.9. The molecule has 0 aliphatic carbocycles. The molecule has 0 amide bonds. The highest BCUT2D eigenvalue weighted by Crippen LogP contribution is 2.17. The van der Waals surface area contributed by atoms with Crippen LogP contribution in [0.15, 0.2) is 122 Å². The van der Waals surface area contributed by atoms with Gasteiger partial charge in [0.15, 0.2) is 6.10 Å². The Bertz CT molecular complexity index is 1700. The second-order valence-corrected chi connectivity index (χ2v) is 23.0. The van der Waals surface area contributed by atoms with Crippen LogP contribution in [-0.2, 0) is 28.6 Å². The summed E-state index contributed by atoms with van der Waals surface area (Å²) >= 11 is 0. The molecule has 0 fully saturated rings. The zero-order valence-electron chi connectivity index (χ0n) is 54.4. The van der Waals surface area contributed by atoms with Crippen LogP contribution in [0.1, 0.15) is 329 Å². The zero-order valence-corrected chi connectivity index (χ0v) is 54.4. The molecule has 0 saturated carbocycles. The summed E-state index contributed by atoms with van der Waals surface area (Å²) in [6, 6.07) is 0. The minimum atomic E-state index is -0.811. The van der Waals surface area contributed by atoms with Crippen LogP contribution in [0, 0.1) is 0 Å². The Morgan fingerprint density at radius 2 is 0.470 bits per heavy atom. The molecule has 0 saturated heterocycles. The van der Waals surface area contributed by atoms with Crippen LogP contribution in [0.4, 0.5) is 0 Å². The number of carbonyl (C=O) groups excluding carboxylic acids is 3. The van der Waals surface area contributed by atoms with E-state index in [0.717, 1.165) is 135 Å². The van der Waals surface area contributed by atoms with E-state index in [1.807, 2.05) is 0 Å². The van der Waals surface area contributed by atoms with Gasteiger partial charge in [-0.05, 0) is 128 Å². The van der Waals surface area contributed by atoms with E-state index in [1.165, 1.54) is 154 Å². The summed E-state index contributed by atoms with van der Waals surface area (Å²) < 4.78 is 16.9. The van der Waals surface area contributed by atoms with E-state index in [2.05, 4.69) is 142 Å². The van der Waals surface area contributed by atoms with Crippen molar-refractivity contribution in [2.75, 3.05) is 13.2 Å². The lowest BCUT2D eigenvalue weighted by Crippen LogP contribution is -2.30. The van der Waals surface area contributed by atoms with Crippen molar-refractivity contribution >= 4 is 17.9 Å². The molecule has 0 radical (unpaired) electrons. The molecule has 0 bridgehead atoms. The van der Waals surface area contributed by atoms with Gasteiger partial charge >= 0.3 is 17.9 Å². The van der Waals surface area contributed by atoms with E-state index in [4.69, 9.17) is 14.2 Å². The first-order valence-corrected chi connectivity index (χ1v) is 35.0. The number of rotatable bonds is 63. The topological polar surface area (TPSA) is 78.9 Å².